The smallest absolute Gasteiger partial charge is 0.179 e. The summed E-state index contributed by atoms with van der Waals surface area (Å²) < 4.78 is 0. The molecule has 12 heavy (non-hydrogen) atoms. The normalized spacial score (nSPS) is 43.2. The second-order valence-corrected chi connectivity index (χ2v) is 2.39. The van der Waals surface area contributed by atoms with Gasteiger partial charge in [0.15, 0.2) is 12.4 Å². The number of hydrogen-bond donors (Lipinski definition) is 0. The summed E-state index contributed by atoms with van der Waals surface area (Å²) in [5.74, 6) is 0. The molecule has 0 aromatic rings. The van der Waals surface area contributed by atoms with Crippen LogP contribution in [0.4, 0.5) is 0 Å². The number of nitrogens with zero attached hydrogens (tertiary/aromatic N) is 4. The maximum atomic E-state index is 11.6. The molecule has 0 spiro atoms. The van der Waals surface area contributed by atoms with Crippen LogP contribution in [0.15, 0.2) is 34.8 Å². The number of allylic oxidation sites excluding steroid dienone is 2. The van der Waals surface area contributed by atoms with Gasteiger partial charge < -0.3 is 10.4 Å². The van der Waals surface area contributed by atoms with E-state index >= 15 is 0 Å². The largest absolute Gasteiger partial charge is 0.546 e. The lowest BCUT2D eigenvalue weighted by Gasteiger charge is -2.41. The van der Waals surface area contributed by atoms with E-state index in [-0.39, 0.29) is 0 Å². The van der Waals surface area contributed by atoms with E-state index in [4.69, 9.17) is 0 Å². The molecular formula is C6H6N4O2. The van der Waals surface area contributed by atoms with E-state index in [1.54, 1.807) is 0 Å². The number of quaternary nitrogens is 2. The molecule has 62 valence electrons. The van der Waals surface area contributed by atoms with Gasteiger partial charge >= 0.3 is 0 Å². The van der Waals surface area contributed by atoms with Gasteiger partial charge in [-0.05, 0) is 19.9 Å². The lowest BCUT2D eigenvalue weighted by molar-refractivity contribution is -1.42. The average Bonchev–Trinajstić information content (AvgIpc) is 2.60. The summed E-state index contributed by atoms with van der Waals surface area (Å²) in [5.41, 5.74) is 0. The van der Waals surface area contributed by atoms with E-state index in [0.717, 1.165) is 12.4 Å². The van der Waals surface area contributed by atoms with Gasteiger partial charge in [-0.1, -0.05) is 0 Å². The predicted molar refractivity (Wildman–Crippen MR) is 42.5 cm³/mol. The molecule has 0 aromatic carbocycles. The van der Waals surface area contributed by atoms with E-state index in [1.165, 1.54) is 24.6 Å². The van der Waals surface area contributed by atoms with E-state index < -0.39 is 9.73 Å². The highest BCUT2D eigenvalue weighted by Gasteiger charge is 2.38. The van der Waals surface area contributed by atoms with Gasteiger partial charge in [-0.3, -0.25) is 0 Å². The van der Waals surface area contributed by atoms with E-state index in [9.17, 15) is 10.4 Å². The second kappa shape index (κ2) is 2.08. The van der Waals surface area contributed by atoms with Crippen molar-refractivity contribution in [1.29, 1.82) is 0 Å². The quantitative estimate of drug-likeness (QED) is 0.421. The van der Waals surface area contributed by atoms with Gasteiger partial charge in [0, 0.05) is 12.2 Å². The maximum Gasteiger partial charge on any atom is 0.179 e. The van der Waals surface area contributed by atoms with Crippen LogP contribution in [0.3, 0.4) is 0 Å². The minimum atomic E-state index is -1.38. The molecule has 0 radical (unpaired) electrons. The average molecular weight is 166 g/mol. The molecule has 0 aromatic heterocycles. The predicted octanol–water partition coefficient (Wildman–Crippen LogP) is 0.557. The molecule has 6 nitrogen and oxygen atoms in total. The van der Waals surface area contributed by atoms with Crippen molar-refractivity contribution < 1.29 is 9.73 Å². The van der Waals surface area contributed by atoms with Gasteiger partial charge in [-0.15, -0.1) is 0 Å². The van der Waals surface area contributed by atoms with Crippen LogP contribution in [0, 0.1) is 10.4 Å². The van der Waals surface area contributed by atoms with Crippen LogP contribution < -0.4 is 0 Å². The summed E-state index contributed by atoms with van der Waals surface area (Å²) >= 11 is 0. The third-order valence-corrected chi connectivity index (χ3v) is 1.61. The van der Waals surface area contributed by atoms with Crippen LogP contribution in [-0.2, 0) is 0 Å². The number of rotatable bonds is 1. The minimum Gasteiger partial charge on any atom is -0.546 e. The number of hydroxylamine groups is 2. The first-order valence-electron chi connectivity index (χ1n) is 3.33. The Morgan fingerprint density at radius 3 is 1.50 bits per heavy atom. The third-order valence-electron chi connectivity index (χ3n) is 1.61. The highest BCUT2D eigenvalue weighted by Crippen LogP contribution is 2.28. The summed E-state index contributed by atoms with van der Waals surface area (Å²) in [6.45, 7) is 0. The zero-order valence-corrected chi connectivity index (χ0v) is 6.07. The zero-order valence-electron chi connectivity index (χ0n) is 6.07. The van der Waals surface area contributed by atoms with Crippen molar-refractivity contribution in [2.45, 2.75) is 0 Å². The molecule has 0 saturated carbocycles. The molecule has 6 heteroatoms. The SMILES string of the molecule is [O-][N@@+]1([N@+]2([O-])C=CC=N2)C=CC=N1. The Labute approximate surface area is 68.3 Å². The Balaban J connectivity index is 2.41. The fourth-order valence-electron chi connectivity index (χ4n) is 0.985. The molecule has 0 aliphatic carbocycles. The Hall–Kier alpha value is -1.34. The Morgan fingerprint density at radius 2 is 1.25 bits per heavy atom. The highest BCUT2D eigenvalue weighted by atomic mass is 16.8. The van der Waals surface area contributed by atoms with Crippen LogP contribution in [0.5, 0.6) is 0 Å². The molecule has 2 atom stereocenters. The van der Waals surface area contributed by atoms with Gasteiger partial charge in [0.25, 0.3) is 0 Å². The lowest BCUT2D eigenvalue weighted by atomic mass is 10.7. The maximum absolute atomic E-state index is 11.6. The summed E-state index contributed by atoms with van der Waals surface area (Å²) in [7, 11) is 0. The molecule has 0 N–H and O–H groups in total. The third kappa shape index (κ3) is 0.772. The molecule has 0 unspecified atom stereocenters. The molecule has 2 heterocycles. The molecule has 0 fully saturated rings. The molecule has 2 aliphatic heterocycles. The van der Waals surface area contributed by atoms with Crippen LogP contribution in [0.1, 0.15) is 0 Å². The summed E-state index contributed by atoms with van der Waals surface area (Å²) in [6, 6.07) is 0. The van der Waals surface area contributed by atoms with Crippen LogP contribution in [-0.4, -0.2) is 22.2 Å². The fraction of sp³-hybridized carbons (Fsp3) is 0. The van der Waals surface area contributed by atoms with Crippen molar-refractivity contribution in [2.24, 2.45) is 10.2 Å². The van der Waals surface area contributed by atoms with Crippen molar-refractivity contribution in [3.63, 3.8) is 0 Å². The first-order valence-corrected chi connectivity index (χ1v) is 3.33. The van der Waals surface area contributed by atoms with Gasteiger partial charge in [0.1, 0.15) is 0 Å². The molecule has 2 rings (SSSR count). The Bertz CT molecular complexity index is 262. The van der Waals surface area contributed by atoms with E-state index in [2.05, 4.69) is 10.2 Å². The lowest BCUT2D eigenvalue weighted by Crippen LogP contribution is -2.52. The Morgan fingerprint density at radius 1 is 0.833 bits per heavy atom. The topological polar surface area (TPSA) is 70.8 Å². The molecule has 0 bridgehead atoms. The van der Waals surface area contributed by atoms with Crippen molar-refractivity contribution in [2.75, 3.05) is 0 Å². The first-order chi connectivity index (χ1) is 5.66. The van der Waals surface area contributed by atoms with Crippen molar-refractivity contribution in [3.05, 3.63) is 35.0 Å². The summed E-state index contributed by atoms with van der Waals surface area (Å²) in [5, 5.41) is 30.1. The molecule has 0 saturated heterocycles. The molecule has 0 amide bonds. The summed E-state index contributed by atoms with van der Waals surface area (Å²) in [6.07, 6.45) is 7.69. The van der Waals surface area contributed by atoms with Gasteiger partial charge in [0.05, 0.1) is 12.4 Å². The first kappa shape index (κ1) is 7.32. The van der Waals surface area contributed by atoms with Crippen LogP contribution in [0.2, 0.25) is 0 Å². The highest BCUT2D eigenvalue weighted by molar-refractivity contribution is 5.72. The molecule has 2 aliphatic rings. The van der Waals surface area contributed by atoms with Gasteiger partial charge in [0.2, 0.25) is 0 Å². The van der Waals surface area contributed by atoms with Crippen molar-refractivity contribution >= 4 is 12.4 Å². The number of hydrogen-bond acceptors (Lipinski definition) is 4. The van der Waals surface area contributed by atoms with E-state index in [1.807, 2.05) is 0 Å². The van der Waals surface area contributed by atoms with E-state index in [0.29, 0.717) is 0 Å². The zero-order chi connectivity index (χ0) is 8.66. The van der Waals surface area contributed by atoms with Gasteiger partial charge in [-0.25, -0.2) is 0 Å². The second-order valence-electron chi connectivity index (χ2n) is 2.39. The van der Waals surface area contributed by atoms with Crippen molar-refractivity contribution in [1.82, 2.24) is 0 Å². The van der Waals surface area contributed by atoms with Crippen LogP contribution in [0.25, 0.3) is 0 Å². The fourth-order valence-corrected chi connectivity index (χ4v) is 0.985. The van der Waals surface area contributed by atoms with Crippen molar-refractivity contribution in [3.8, 4) is 0 Å². The van der Waals surface area contributed by atoms with Gasteiger partial charge in [-0.2, -0.15) is 0 Å². The standard InChI is InChI=1S/C6H6N4O2/c11-9(5-1-3-7-9)10(12)6-2-4-8-10/h1-6H/t9-,10-/m0/s1. The minimum absolute atomic E-state index is 1.14. The Kier molecular flexibility index (Phi) is 1.27. The summed E-state index contributed by atoms with van der Waals surface area (Å²) in [4.78, 5) is -2.76. The van der Waals surface area contributed by atoms with Crippen LogP contribution >= 0.6 is 0 Å². The molecular weight excluding hydrogens is 160 g/mol. The monoisotopic (exact) mass is 166 g/mol.